The van der Waals surface area contributed by atoms with Crippen molar-refractivity contribution in [3.63, 3.8) is 0 Å². The van der Waals surface area contributed by atoms with Gasteiger partial charge < -0.3 is 5.32 Å². The van der Waals surface area contributed by atoms with Gasteiger partial charge in [-0.25, -0.2) is 8.42 Å². The number of fused-ring (bicyclic) bond motifs is 2. The number of halogens is 1. The Bertz CT molecular complexity index is 1070. The molecule has 1 aliphatic heterocycles. The summed E-state index contributed by atoms with van der Waals surface area (Å²) in [6.07, 6.45) is 3.43. The maximum atomic E-state index is 12.7. The maximum Gasteiger partial charge on any atom is 0.261 e. The molecule has 0 saturated carbocycles. The summed E-state index contributed by atoms with van der Waals surface area (Å²) in [5, 5.41) is 4.15. The Hall–Kier alpha value is -2.12. The van der Waals surface area contributed by atoms with E-state index in [1.54, 1.807) is 18.2 Å². The number of nitrogens with zero attached hydrogens (tertiary/aromatic N) is 1. The first kappa shape index (κ1) is 16.4. The van der Waals surface area contributed by atoms with Gasteiger partial charge in [-0.05, 0) is 64.7 Å². The van der Waals surface area contributed by atoms with Crippen LogP contribution in [0.3, 0.4) is 0 Å². The van der Waals surface area contributed by atoms with E-state index in [1.165, 1.54) is 6.20 Å². The van der Waals surface area contributed by atoms with Crippen LogP contribution in [0.25, 0.3) is 10.9 Å². The summed E-state index contributed by atoms with van der Waals surface area (Å²) >= 11 is 3.45. The van der Waals surface area contributed by atoms with Gasteiger partial charge in [-0.3, -0.25) is 9.71 Å². The highest BCUT2D eigenvalue weighted by Gasteiger charge is 2.18. The normalized spacial score (nSPS) is 14.0. The number of aryl methyl sites for hydroxylation is 1. The average molecular weight is 418 g/mol. The van der Waals surface area contributed by atoms with Gasteiger partial charge in [-0.1, -0.05) is 12.1 Å². The molecule has 1 aromatic heterocycles. The molecule has 0 fully saturated rings. The molecule has 0 unspecified atom stereocenters. The molecule has 0 atom stereocenters. The number of nitrogens with one attached hydrogen (secondary N) is 2. The summed E-state index contributed by atoms with van der Waals surface area (Å²) in [6.45, 7) is 0.926. The highest BCUT2D eigenvalue weighted by molar-refractivity contribution is 9.10. The quantitative estimate of drug-likeness (QED) is 0.670. The Morgan fingerprint density at radius 2 is 2.04 bits per heavy atom. The molecule has 4 rings (SSSR count). The second-order valence-corrected chi connectivity index (χ2v) is 8.53. The van der Waals surface area contributed by atoms with Crippen LogP contribution in [0, 0.1) is 0 Å². The Labute approximate surface area is 154 Å². The molecule has 7 heteroatoms. The van der Waals surface area contributed by atoms with E-state index in [0.29, 0.717) is 5.69 Å². The van der Waals surface area contributed by atoms with E-state index in [1.807, 2.05) is 24.3 Å². The number of rotatable bonds is 3. The van der Waals surface area contributed by atoms with Crippen LogP contribution in [0.15, 0.2) is 58.0 Å². The van der Waals surface area contributed by atoms with E-state index in [4.69, 9.17) is 0 Å². The molecule has 2 heterocycles. The molecule has 0 spiro atoms. The summed E-state index contributed by atoms with van der Waals surface area (Å²) < 4.78 is 28.9. The van der Waals surface area contributed by atoms with Gasteiger partial charge in [0.1, 0.15) is 0 Å². The predicted octanol–water partition coefficient (Wildman–Crippen LogP) is 4.16. The van der Waals surface area contributed by atoms with Crippen molar-refractivity contribution in [3.05, 3.63) is 58.7 Å². The monoisotopic (exact) mass is 417 g/mol. The largest absolute Gasteiger partial charge is 0.385 e. The third-order valence-corrected chi connectivity index (χ3v) is 6.26. The van der Waals surface area contributed by atoms with E-state index in [2.05, 4.69) is 31.0 Å². The van der Waals surface area contributed by atoms with Crippen LogP contribution in [0.2, 0.25) is 0 Å². The Balaban J connectivity index is 1.67. The number of anilines is 2. The number of benzene rings is 2. The van der Waals surface area contributed by atoms with Crippen LogP contribution in [0.1, 0.15) is 12.0 Å². The SMILES string of the molecule is O=S(=O)(Nc1cnc2c(Br)cccc2c1)c1ccc2c(c1)CCCN2. The number of hydrogen-bond acceptors (Lipinski definition) is 4. The molecular formula is C18H16BrN3O2S. The summed E-state index contributed by atoms with van der Waals surface area (Å²) in [4.78, 5) is 4.61. The molecule has 1 aliphatic rings. The molecule has 0 radical (unpaired) electrons. The predicted molar refractivity (Wildman–Crippen MR) is 104 cm³/mol. The van der Waals surface area contributed by atoms with Crippen LogP contribution in [0.4, 0.5) is 11.4 Å². The lowest BCUT2D eigenvalue weighted by atomic mass is 10.0. The van der Waals surface area contributed by atoms with E-state index < -0.39 is 10.0 Å². The first-order valence-electron chi connectivity index (χ1n) is 7.97. The van der Waals surface area contributed by atoms with Gasteiger partial charge in [0.05, 0.1) is 22.3 Å². The van der Waals surface area contributed by atoms with Crippen LogP contribution < -0.4 is 10.0 Å². The summed E-state index contributed by atoms with van der Waals surface area (Å²) in [6, 6.07) is 12.7. The van der Waals surface area contributed by atoms with Gasteiger partial charge in [-0.2, -0.15) is 0 Å². The molecule has 0 saturated heterocycles. The minimum absolute atomic E-state index is 0.268. The van der Waals surface area contributed by atoms with E-state index in [0.717, 1.165) is 46.0 Å². The number of sulfonamides is 1. The number of para-hydroxylation sites is 1. The van der Waals surface area contributed by atoms with Gasteiger partial charge >= 0.3 is 0 Å². The fraction of sp³-hybridized carbons (Fsp3) is 0.167. The highest BCUT2D eigenvalue weighted by atomic mass is 79.9. The third kappa shape index (κ3) is 3.21. The van der Waals surface area contributed by atoms with Crippen molar-refractivity contribution >= 4 is 48.2 Å². The van der Waals surface area contributed by atoms with E-state index >= 15 is 0 Å². The first-order chi connectivity index (χ1) is 12.0. The van der Waals surface area contributed by atoms with Crippen molar-refractivity contribution in [1.82, 2.24) is 4.98 Å². The van der Waals surface area contributed by atoms with Crippen LogP contribution >= 0.6 is 15.9 Å². The lowest BCUT2D eigenvalue weighted by molar-refractivity contribution is 0.601. The molecule has 0 amide bonds. The topological polar surface area (TPSA) is 71.1 Å². The summed E-state index contributed by atoms with van der Waals surface area (Å²) in [5.74, 6) is 0. The fourth-order valence-electron chi connectivity index (χ4n) is 3.01. The molecule has 3 aromatic rings. The van der Waals surface area contributed by atoms with Crippen molar-refractivity contribution in [3.8, 4) is 0 Å². The zero-order valence-electron chi connectivity index (χ0n) is 13.3. The minimum Gasteiger partial charge on any atom is -0.385 e. The third-order valence-electron chi connectivity index (χ3n) is 4.24. The van der Waals surface area contributed by atoms with Gasteiger partial charge in [0, 0.05) is 22.1 Å². The smallest absolute Gasteiger partial charge is 0.261 e. The van der Waals surface area contributed by atoms with E-state index in [-0.39, 0.29) is 4.90 Å². The van der Waals surface area contributed by atoms with Crippen molar-refractivity contribution < 1.29 is 8.42 Å². The number of hydrogen-bond donors (Lipinski definition) is 2. The fourth-order valence-corrected chi connectivity index (χ4v) is 4.58. The summed E-state index contributed by atoms with van der Waals surface area (Å²) in [7, 11) is -3.66. The number of aromatic nitrogens is 1. The lowest BCUT2D eigenvalue weighted by Gasteiger charge is -2.19. The van der Waals surface area contributed by atoms with Crippen molar-refractivity contribution in [1.29, 1.82) is 0 Å². The van der Waals surface area contributed by atoms with Crippen molar-refractivity contribution in [2.24, 2.45) is 0 Å². The Kier molecular flexibility index (Phi) is 4.13. The molecule has 0 aliphatic carbocycles. The van der Waals surface area contributed by atoms with Crippen molar-refractivity contribution in [2.75, 3.05) is 16.6 Å². The molecule has 5 nitrogen and oxygen atoms in total. The Morgan fingerprint density at radius 3 is 2.92 bits per heavy atom. The average Bonchev–Trinajstić information content (AvgIpc) is 2.61. The lowest BCUT2D eigenvalue weighted by Crippen LogP contribution is -2.16. The van der Waals surface area contributed by atoms with Gasteiger partial charge in [0.2, 0.25) is 0 Å². The molecule has 2 N–H and O–H groups in total. The zero-order chi connectivity index (χ0) is 17.4. The first-order valence-corrected chi connectivity index (χ1v) is 10.2. The zero-order valence-corrected chi connectivity index (χ0v) is 15.7. The summed E-state index contributed by atoms with van der Waals surface area (Å²) in [5.41, 5.74) is 3.30. The van der Waals surface area contributed by atoms with Crippen LogP contribution in [-0.4, -0.2) is 19.9 Å². The van der Waals surface area contributed by atoms with Crippen LogP contribution in [-0.2, 0) is 16.4 Å². The van der Waals surface area contributed by atoms with Crippen molar-refractivity contribution in [2.45, 2.75) is 17.7 Å². The second-order valence-electron chi connectivity index (χ2n) is 5.99. The second kappa shape index (κ2) is 6.31. The van der Waals surface area contributed by atoms with E-state index in [9.17, 15) is 8.42 Å². The molecular weight excluding hydrogens is 402 g/mol. The van der Waals surface area contributed by atoms with Gasteiger partial charge in [0.15, 0.2) is 0 Å². The number of pyridine rings is 1. The molecule has 25 heavy (non-hydrogen) atoms. The highest BCUT2D eigenvalue weighted by Crippen LogP contribution is 2.27. The standard InChI is InChI=1S/C18H16BrN3O2S/c19-16-5-1-3-13-9-14(11-21-18(13)16)22-25(23,24)15-6-7-17-12(10-15)4-2-8-20-17/h1,3,5-7,9-11,20,22H,2,4,8H2. The Morgan fingerprint density at radius 1 is 1.16 bits per heavy atom. The molecule has 0 bridgehead atoms. The van der Waals surface area contributed by atoms with Gasteiger partial charge in [-0.15, -0.1) is 0 Å². The minimum atomic E-state index is -3.66. The maximum absolute atomic E-state index is 12.7. The van der Waals surface area contributed by atoms with Gasteiger partial charge in [0.25, 0.3) is 10.0 Å². The molecule has 128 valence electrons. The van der Waals surface area contributed by atoms with Crippen LogP contribution in [0.5, 0.6) is 0 Å². The molecule has 2 aromatic carbocycles.